The van der Waals surface area contributed by atoms with E-state index in [0.29, 0.717) is 6.07 Å². The van der Waals surface area contributed by atoms with Gasteiger partial charge in [-0.15, -0.1) is 0 Å². The van der Waals surface area contributed by atoms with Crippen molar-refractivity contribution >= 4 is 12.0 Å². The van der Waals surface area contributed by atoms with E-state index in [-0.39, 0.29) is 12.4 Å². The molecule has 8 heteroatoms. The highest BCUT2D eigenvalue weighted by atomic mass is 19.4. The third-order valence-corrected chi connectivity index (χ3v) is 1.96. The van der Waals surface area contributed by atoms with E-state index in [9.17, 15) is 31.1 Å². The van der Waals surface area contributed by atoms with Gasteiger partial charge in [-0.25, -0.2) is 0 Å². The summed E-state index contributed by atoms with van der Waals surface area (Å²) in [6.07, 6.45) is -10.3. The van der Waals surface area contributed by atoms with E-state index in [2.05, 4.69) is 0 Å². The van der Waals surface area contributed by atoms with E-state index in [0.717, 1.165) is 0 Å². The smallest absolute Gasteiger partial charge is 0.398 e. The summed E-state index contributed by atoms with van der Waals surface area (Å²) < 4.78 is 74.0. The maximum Gasteiger partial charge on any atom is 0.417 e. The quantitative estimate of drug-likeness (QED) is 0.477. The van der Waals surface area contributed by atoms with Crippen LogP contribution < -0.4 is 5.73 Å². The summed E-state index contributed by atoms with van der Waals surface area (Å²) in [5.74, 6) is 0. The summed E-state index contributed by atoms with van der Waals surface area (Å²) in [6, 6.07) is 0.152. The van der Waals surface area contributed by atoms with Crippen LogP contribution in [0.1, 0.15) is 21.5 Å². The van der Waals surface area contributed by atoms with Crippen molar-refractivity contribution in [2.24, 2.45) is 0 Å². The van der Waals surface area contributed by atoms with E-state index < -0.39 is 34.7 Å². The normalized spacial score (nSPS) is 12.6. The molecule has 1 aromatic rings. The number of rotatable bonds is 1. The molecule has 0 saturated carbocycles. The Morgan fingerprint density at radius 2 is 1.53 bits per heavy atom. The highest BCUT2D eigenvalue weighted by Gasteiger charge is 2.39. The number of alkyl halides is 6. The van der Waals surface area contributed by atoms with Crippen molar-refractivity contribution in [3.8, 4) is 0 Å². The molecule has 1 aromatic carbocycles. The molecular weight excluding hydrogens is 252 g/mol. The van der Waals surface area contributed by atoms with Crippen LogP contribution in [-0.2, 0) is 12.4 Å². The highest BCUT2D eigenvalue weighted by Crippen LogP contribution is 2.39. The molecule has 0 saturated heterocycles. The van der Waals surface area contributed by atoms with Gasteiger partial charge in [-0.3, -0.25) is 4.79 Å². The zero-order valence-electron chi connectivity index (χ0n) is 7.99. The maximum absolute atomic E-state index is 12.4. The molecule has 0 aliphatic rings. The minimum Gasteiger partial charge on any atom is -0.398 e. The summed E-state index contributed by atoms with van der Waals surface area (Å²) >= 11 is 0. The van der Waals surface area contributed by atoms with E-state index in [1.165, 1.54) is 0 Å². The van der Waals surface area contributed by atoms with Crippen LogP contribution in [0.2, 0.25) is 0 Å². The summed E-state index contributed by atoms with van der Waals surface area (Å²) in [5.41, 5.74) is -0.102. The zero-order valence-corrected chi connectivity index (χ0v) is 7.99. The van der Waals surface area contributed by atoms with Crippen molar-refractivity contribution in [1.82, 2.24) is 0 Å². The van der Waals surface area contributed by atoms with Crippen molar-refractivity contribution in [2.75, 3.05) is 5.73 Å². The third kappa shape index (κ3) is 2.69. The van der Waals surface area contributed by atoms with E-state index in [1.807, 2.05) is 0 Å². The van der Waals surface area contributed by atoms with Gasteiger partial charge >= 0.3 is 12.4 Å². The van der Waals surface area contributed by atoms with Gasteiger partial charge in [0.05, 0.1) is 11.1 Å². The number of hydrogen-bond acceptors (Lipinski definition) is 2. The molecule has 0 bridgehead atoms. The van der Waals surface area contributed by atoms with Gasteiger partial charge in [0.1, 0.15) is 0 Å². The van der Waals surface area contributed by atoms with Crippen LogP contribution in [0.15, 0.2) is 12.1 Å². The summed E-state index contributed by atoms with van der Waals surface area (Å²) in [5, 5.41) is 0. The van der Waals surface area contributed by atoms with E-state index in [4.69, 9.17) is 5.73 Å². The van der Waals surface area contributed by atoms with Crippen LogP contribution in [0, 0.1) is 0 Å². The van der Waals surface area contributed by atoms with Crippen molar-refractivity contribution in [3.05, 3.63) is 28.8 Å². The highest BCUT2D eigenvalue weighted by molar-refractivity contribution is 5.86. The Kier molecular flexibility index (Phi) is 3.09. The first-order valence-electron chi connectivity index (χ1n) is 4.10. The predicted octanol–water partition coefficient (Wildman–Crippen LogP) is 3.12. The average molecular weight is 257 g/mol. The maximum atomic E-state index is 12.4. The number of anilines is 1. The van der Waals surface area contributed by atoms with Crippen molar-refractivity contribution in [3.63, 3.8) is 0 Å². The van der Waals surface area contributed by atoms with Crippen molar-refractivity contribution in [2.45, 2.75) is 12.4 Å². The number of nitrogens with two attached hydrogens (primary N) is 1. The Hall–Kier alpha value is -1.73. The van der Waals surface area contributed by atoms with Gasteiger partial charge in [0.2, 0.25) is 0 Å². The van der Waals surface area contributed by atoms with Crippen LogP contribution >= 0.6 is 0 Å². The number of nitrogen functional groups attached to an aromatic ring is 1. The molecule has 2 N–H and O–H groups in total. The lowest BCUT2D eigenvalue weighted by Crippen LogP contribution is -2.15. The topological polar surface area (TPSA) is 43.1 Å². The standard InChI is InChI=1S/C9H5F6NO/c10-8(11,12)4-1-6(9(13,14)15)5(3-17)7(16)2-4/h1-3H,16H2. The Morgan fingerprint density at radius 3 is 1.88 bits per heavy atom. The minimum atomic E-state index is -5.08. The summed E-state index contributed by atoms with van der Waals surface area (Å²) in [4.78, 5) is 10.4. The molecule has 17 heavy (non-hydrogen) atoms. The van der Waals surface area contributed by atoms with Crippen molar-refractivity contribution < 1.29 is 31.1 Å². The van der Waals surface area contributed by atoms with Gasteiger partial charge in [-0.05, 0) is 12.1 Å². The molecule has 0 aliphatic heterocycles. The predicted molar refractivity (Wildman–Crippen MR) is 46.2 cm³/mol. The molecule has 0 aliphatic carbocycles. The molecule has 0 heterocycles. The van der Waals surface area contributed by atoms with Crippen LogP contribution in [0.5, 0.6) is 0 Å². The Morgan fingerprint density at radius 1 is 1.00 bits per heavy atom. The third-order valence-electron chi connectivity index (χ3n) is 1.96. The summed E-state index contributed by atoms with van der Waals surface area (Å²) in [7, 11) is 0. The Labute approximate surface area is 91.0 Å². The summed E-state index contributed by atoms with van der Waals surface area (Å²) in [6.45, 7) is 0. The second-order valence-corrected chi connectivity index (χ2v) is 3.14. The van der Waals surface area contributed by atoms with Gasteiger partial charge in [0, 0.05) is 11.3 Å². The lowest BCUT2D eigenvalue weighted by atomic mass is 10.0. The van der Waals surface area contributed by atoms with E-state index >= 15 is 0 Å². The number of carbonyl (C=O) groups excluding carboxylic acids is 1. The number of halogens is 6. The molecule has 0 amide bonds. The second kappa shape index (κ2) is 3.94. The first-order valence-corrected chi connectivity index (χ1v) is 4.10. The Bertz CT molecular complexity index is 448. The number of hydrogen-bond donors (Lipinski definition) is 1. The SMILES string of the molecule is Nc1cc(C(F)(F)F)cc(C(F)(F)F)c1C=O. The molecule has 0 atom stereocenters. The number of benzene rings is 1. The van der Waals surface area contributed by atoms with Crippen molar-refractivity contribution in [1.29, 1.82) is 0 Å². The second-order valence-electron chi connectivity index (χ2n) is 3.14. The molecule has 0 fully saturated rings. The Balaban J connectivity index is 3.56. The molecule has 94 valence electrons. The fraction of sp³-hybridized carbons (Fsp3) is 0.222. The molecule has 2 nitrogen and oxygen atoms in total. The van der Waals surface area contributed by atoms with E-state index in [1.54, 1.807) is 0 Å². The number of carbonyl (C=O) groups is 1. The van der Waals surface area contributed by atoms with Crippen LogP contribution in [-0.4, -0.2) is 6.29 Å². The average Bonchev–Trinajstić information content (AvgIpc) is 2.13. The number of aldehydes is 1. The first kappa shape index (κ1) is 13.3. The lowest BCUT2D eigenvalue weighted by molar-refractivity contribution is -0.143. The van der Waals surface area contributed by atoms with Gasteiger partial charge in [0.15, 0.2) is 6.29 Å². The largest absolute Gasteiger partial charge is 0.417 e. The van der Waals surface area contributed by atoms with Crippen LogP contribution in [0.3, 0.4) is 0 Å². The monoisotopic (exact) mass is 257 g/mol. The van der Waals surface area contributed by atoms with Gasteiger partial charge in [-0.1, -0.05) is 0 Å². The lowest BCUT2D eigenvalue weighted by Gasteiger charge is -2.15. The molecule has 0 spiro atoms. The van der Waals surface area contributed by atoms with Crippen LogP contribution in [0.25, 0.3) is 0 Å². The minimum absolute atomic E-state index is 0.139. The van der Waals surface area contributed by atoms with Gasteiger partial charge in [-0.2, -0.15) is 26.3 Å². The molecule has 0 radical (unpaired) electrons. The molecule has 0 aromatic heterocycles. The van der Waals surface area contributed by atoms with Gasteiger partial charge < -0.3 is 5.73 Å². The zero-order chi connectivity index (χ0) is 13.4. The molecule has 1 rings (SSSR count). The molecule has 0 unspecified atom stereocenters. The van der Waals surface area contributed by atoms with Crippen LogP contribution in [0.4, 0.5) is 32.0 Å². The van der Waals surface area contributed by atoms with Gasteiger partial charge in [0.25, 0.3) is 0 Å². The fourth-order valence-corrected chi connectivity index (χ4v) is 1.21. The molecular formula is C9H5F6NO. The fourth-order valence-electron chi connectivity index (χ4n) is 1.21. The first-order chi connectivity index (χ1) is 7.57.